The van der Waals surface area contributed by atoms with Crippen LogP contribution in [0.2, 0.25) is 0 Å². The second-order valence-electron chi connectivity index (χ2n) is 3.35. The lowest BCUT2D eigenvalue weighted by Crippen LogP contribution is -2.06. The summed E-state index contributed by atoms with van der Waals surface area (Å²) in [6.45, 7) is 0. The first-order valence-corrected chi connectivity index (χ1v) is 4.93. The third kappa shape index (κ3) is 1.75. The fraction of sp³-hybridized carbons (Fsp3) is 0.167. The minimum absolute atomic E-state index is 0.150. The minimum Gasteiger partial charge on any atom is -0.494 e. The average molecular weight is 233 g/mol. The van der Waals surface area contributed by atoms with Crippen LogP contribution in [0.25, 0.3) is 10.8 Å². The summed E-state index contributed by atoms with van der Waals surface area (Å²) < 4.78 is 10.2. The number of aromatic nitrogens is 1. The Morgan fingerprint density at radius 2 is 1.82 bits per heavy atom. The van der Waals surface area contributed by atoms with Gasteiger partial charge in [-0.25, -0.2) is 9.78 Å². The van der Waals surface area contributed by atoms with E-state index in [1.165, 1.54) is 14.2 Å². The fourth-order valence-electron chi connectivity index (χ4n) is 1.71. The van der Waals surface area contributed by atoms with Gasteiger partial charge in [-0.1, -0.05) is 18.2 Å². The van der Waals surface area contributed by atoms with Gasteiger partial charge in [0.15, 0.2) is 11.4 Å². The summed E-state index contributed by atoms with van der Waals surface area (Å²) in [6.07, 6.45) is 0. The molecule has 2 aromatic rings. The molecular formula is C12H11NO4. The summed E-state index contributed by atoms with van der Waals surface area (Å²) in [7, 11) is 2.87. The van der Waals surface area contributed by atoms with Crippen molar-refractivity contribution in [2.24, 2.45) is 0 Å². The maximum absolute atomic E-state index is 11.1. The molecule has 0 saturated carbocycles. The van der Waals surface area contributed by atoms with E-state index in [9.17, 15) is 4.79 Å². The number of rotatable bonds is 3. The number of hydrogen-bond acceptors (Lipinski definition) is 4. The number of nitrogens with zero attached hydrogens (tertiary/aromatic N) is 1. The van der Waals surface area contributed by atoms with Gasteiger partial charge in [-0.3, -0.25) is 0 Å². The highest BCUT2D eigenvalue weighted by Crippen LogP contribution is 2.33. The monoisotopic (exact) mass is 233 g/mol. The number of hydrogen-bond donors (Lipinski definition) is 1. The van der Waals surface area contributed by atoms with E-state index in [2.05, 4.69) is 4.98 Å². The Morgan fingerprint density at radius 1 is 1.18 bits per heavy atom. The molecule has 0 atom stereocenters. The molecule has 0 fully saturated rings. The molecule has 1 aromatic heterocycles. The lowest BCUT2D eigenvalue weighted by molar-refractivity contribution is 0.0686. The summed E-state index contributed by atoms with van der Waals surface area (Å²) in [4.78, 5) is 15.0. The third-order valence-electron chi connectivity index (χ3n) is 2.43. The largest absolute Gasteiger partial charge is 0.494 e. The maximum atomic E-state index is 11.1. The predicted octanol–water partition coefficient (Wildman–Crippen LogP) is 1.95. The molecule has 1 aromatic carbocycles. The summed E-state index contributed by atoms with van der Waals surface area (Å²) in [6, 6.07) is 7.20. The van der Waals surface area contributed by atoms with Crippen molar-refractivity contribution in [2.75, 3.05) is 14.2 Å². The number of pyridine rings is 1. The second-order valence-corrected chi connectivity index (χ2v) is 3.35. The van der Waals surface area contributed by atoms with E-state index in [0.717, 1.165) is 5.39 Å². The van der Waals surface area contributed by atoms with Gasteiger partial charge in [0.1, 0.15) is 0 Å². The van der Waals surface area contributed by atoms with E-state index in [1.807, 2.05) is 6.07 Å². The predicted molar refractivity (Wildman–Crippen MR) is 61.8 cm³/mol. The highest BCUT2D eigenvalue weighted by Gasteiger charge is 2.19. The lowest BCUT2D eigenvalue weighted by Gasteiger charge is -2.11. The molecule has 1 heterocycles. The van der Waals surface area contributed by atoms with Gasteiger partial charge in [0.2, 0.25) is 5.88 Å². The smallest absolute Gasteiger partial charge is 0.358 e. The topological polar surface area (TPSA) is 68.7 Å². The molecular weight excluding hydrogens is 222 g/mol. The molecule has 0 aliphatic heterocycles. The fourth-order valence-corrected chi connectivity index (χ4v) is 1.71. The molecule has 2 rings (SSSR count). The highest BCUT2D eigenvalue weighted by atomic mass is 16.5. The maximum Gasteiger partial charge on any atom is 0.358 e. The second kappa shape index (κ2) is 4.29. The van der Waals surface area contributed by atoms with E-state index in [0.29, 0.717) is 5.39 Å². The van der Waals surface area contributed by atoms with Crippen molar-refractivity contribution in [1.82, 2.24) is 4.98 Å². The number of ether oxygens (including phenoxy) is 2. The normalized spacial score (nSPS) is 10.2. The number of fused-ring (bicyclic) bond motifs is 1. The molecule has 5 nitrogen and oxygen atoms in total. The molecule has 0 bridgehead atoms. The zero-order valence-electron chi connectivity index (χ0n) is 9.43. The molecule has 0 amide bonds. The Morgan fingerprint density at radius 3 is 2.35 bits per heavy atom. The van der Waals surface area contributed by atoms with Crippen LogP contribution in [0, 0.1) is 0 Å². The molecule has 0 saturated heterocycles. The summed E-state index contributed by atoms with van der Waals surface area (Å²) in [5.74, 6) is -0.626. The van der Waals surface area contributed by atoms with Crippen molar-refractivity contribution in [3.8, 4) is 11.6 Å². The van der Waals surface area contributed by atoms with Crippen LogP contribution in [0.1, 0.15) is 10.5 Å². The van der Waals surface area contributed by atoms with Gasteiger partial charge in [-0.15, -0.1) is 0 Å². The van der Waals surface area contributed by atoms with E-state index < -0.39 is 5.97 Å². The standard InChI is InChI=1S/C12H11NO4/c1-16-10-7-5-3-4-6-8(7)11(17-2)13-9(10)12(14)15/h3-6H,1-2H3,(H,14,15). The van der Waals surface area contributed by atoms with Gasteiger partial charge < -0.3 is 14.6 Å². The van der Waals surface area contributed by atoms with Crippen LogP contribution in [0.15, 0.2) is 24.3 Å². The minimum atomic E-state index is -1.15. The first-order chi connectivity index (χ1) is 8.19. The molecule has 0 radical (unpaired) electrons. The lowest BCUT2D eigenvalue weighted by atomic mass is 10.1. The van der Waals surface area contributed by atoms with Gasteiger partial charge in [0.05, 0.1) is 14.2 Å². The van der Waals surface area contributed by atoms with Gasteiger partial charge in [0.25, 0.3) is 0 Å². The van der Waals surface area contributed by atoms with Crippen LogP contribution >= 0.6 is 0 Å². The third-order valence-corrected chi connectivity index (χ3v) is 2.43. The average Bonchev–Trinajstić information content (AvgIpc) is 2.36. The van der Waals surface area contributed by atoms with Crippen molar-refractivity contribution >= 4 is 16.7 Å². The van der Waals surface area contributed by atoms with Gasteiger partial charge in [0, 0.05) is 10.8 Å². The van der Waals surface area contributed by atoms with Crippen LogP contribution < -0.4 is 9.47 Å². The molecule has 0 aliphatic carbocycles. The van der Waals surface area contributed by atoms with Crippen molar-refractivity contribution in [1.29, 1.82) is 0 Å². The van der Waals surface area contributed by atoms with Crippen LogP contribution in [0.3, 0.4) is 0 Å². The molecule has 1 N–H and O–H groups in total. The molecule has 0 aliphatic rings. The molecule has 17 heavy (non-hydrogen) atoms. The Hall–Kier alpha value is -2.30. The molecule has 5 heteroatoms. The zero-order valence-corrected chi connectivity index (χ0v) is 9.43. The first-order valence-electron chi connectivity index (χ1n) is 4.93. The van der Waals surface area contributed by atoms with Gasteiger partial charge in [-0.05, 0) is 6.07 Å². The SMILES string of the molecule is COc1nc(C(=O)O)c(OC)c2ccccc12. The van der Waals surface area contributed by atoms with E-state index in [-0.39, 0.29) is 17.3 Å². The summed E-state index contributed by atoms with van der Waals surface area (Å²) in [5, 5.41) is 10.5. The Bertz CT molecular complexity index is 580. The Kier molecular flexibility index (Phi) is 2.82. The summed E-state index contributed by atoms with van der Waals surface area (Å²) >= 11 is 0. The Labute approximate surface area is 97.6 Å². The highest BCUT2D eigenvalue weighted by molar-refractivity contribution is 6.00. The van der Waals surface area contributed by atoms with E-state index in [4.69, 9.17) is 14.6 Å². The number of carboxylic acids is 1. The quantitative estimate of drug-likeness (QED) is 0.877. The number of carboxylic acid groups (broad SMARTS) is 1. The molecule has 0 unspecified atom stereocenters. The van der Waals surface area contributed by atoms with E-state index in [1.54, 1.807) is 18.2 Å². The summed E-state index contributed by atoms with van der Waals surface area (Å²) in [5.41, 5.74) is -0.150. The van der Waals surface area contributed by atoms with Crippen LogP contribution in [-0.2, 0) is 0 Å². The van der Waals surface area contributed by atoms with Gasteiger partial charge in [-0.2, -0.15) is 0 Å². The van der Waals surface area contributed by atoms with Crippen LogP contribution in [0.5, 0.6) is 11.6 Å². The van der Waals surface area contributed by atoms with Crippen LogP contribution in [0.4, 0.5) is 0 Å². The van der Waals surface area contributed by atoms with E-state index >= 15 is 0 Å². The molecule has 0 spiro atoms. The zero-order chi connectivity index (χ0) is 12.4. The van der Waals surface area contributed by atoms with Crippen LogP contribution in [-0.4, -0.2) is 30.3 Å². The Balaban J connectivity index is 2.89. The first kappa shape index (κ1) is 11.2. The van der Waals surface area contributed by atoms with Crippen molar-refractivity contribution in [2.45, 2.75) is 0 Å². The van der Waals surface area contributed by atoms with Gasteiger partial charge >= 0.3 is 5.97 Å². The number of aromatic carboxylic acids is 1. The number of benzene rings is 1. The number of carbonyl (C=O) groups is 1. The van der Waals surface area contributed by atoms with Crippen molar-refractivity contribution in [3.05, 3.63) is 30.0 Å². The van der Waals surface area contributed by atoms with Crippen molar-refractivity contribution in [3.63, 3.8) is 0 Å². The molecule has 88 valence electrons. The number of methoxy groups -OCH3 is 2. The van der Waals surface area contributed by atoms with Crippen molar-refractivity contribution < 1.29 is 19.4 Å².